The summed E-state index contributed by atoms with van der Waals surface area (Å²) in [5, 5.41) is 1.28. The smallest absolute Gasteiger partial charge is 0.0595 e. The topological polar surface area (TPSA) is 0 Å². The molecular weight excluding hydrogens is 299 g/mol. The van der Waals surface area contributed by atoms with Gasteiger partial charge in [-0.3, -0.25) is 0 Å². The Balaban J connectivity index is 1.87. The van der Waals surface area contributed by atoms with Crippen molar-refractivity contribution in [3.05, 3.63) is 69.7 Å². The molecule has 0 amide bonds. The molecule has 0 bridgehead atoms. The second-order valence-electron chi connectivity index (χ2n) is 4.57. The lowest BCUT2D eigenvalue weighted by Gasteiger charge is -2.10. The largest absolute Gasteiger partial charge is 0.123 e. The lowest BCUT2D eigenvalue weighted by atomic mass is 10.0. The van der Waals surface area contributed by atoms with Crippen molar-refractivity contribution >= 4 is 34.8 Å². The van der Waals surface area contributed by atoms with Crippen molar-refractivity contribution in [1.82, 2.24) is 0 Å². The van der Waals surface area contributed by atoms with E-state index in [9.17, 15) is 0 Å². The minimum Gasteiger partial charge on any atom is -0.123 e. The van der Waals surface area contributed by atoms with Gasteiger partial charge in [-0.25, -0.2) is 0 Å². The average Bonchev–Trinajstić information content (AvgIpc) is 2.42. The van der Waals surface area contributed by atoms with E-state index in [1.807, 2.05) is 24.3 Å². The maximum absolute atomic E-state index is 6.38. The summed E-state index contributed by atoms with van der Waals surface area (Å²) in [6, 6.07) is 16.1. The van der Waals surface area contributed by atoms with E-state index in [0.29, 0.717) is 10.0 Å². The molecule has 0 saturated carbocycles. The maximum atomic E-state index is 6.38. The van der Waals surface area contributed by atoms with E-state index in [-0.39, 0.29) is 5.38 Å². The van der Waals surface area contributed by atoms with Crippen molar-refractivity contribution in [3.8, 4) is 0 Å². The summed E-state index contributed by atoms with van der Waals surface area (Å²) in [6.45, 7) is 0. The summed E-state index contributed by atoms with van der Waals surface area (Å²) in [4.78, 5) is 0. The van der Waals surface area contributed by atoms with E-state index in [1.165, 1.54) is 5.56 Å². The van der Waals surface area contributed by atoms with Crippen LogP contribution in [-0.2, 0) is 12.8 Å². The first-order valence-electron chi connectivity index (χ1n) is 6.27. The van der Waals surface area contributed by atoms with E-state index in [4.69, 9.17) is 34.8 Å². The zero-order valence-corrected chi connectivity index (χ0v) is 12.7. The van der Waals surface area contributed by atoms with Crippen molar-refractivity contribution in [3.63, 3.8) is 0 Å². The van der Waals surface area contributed by atoms with Gasteiger partial charge >= 0.3 is 0 Å². The van der Waals surface area contributed by atoms with E-state index in [1.54, 1.807) is 0 Å². The highest BCUT2D eigenvalue weighted by Crippen LogP contribution is 2.24. The molecule has 0 aliphatic rings. The minimum absolute atomic E-state index is 0.109. The molecule has 3 heteroatoms. The number of halogens is 3. The Morgan fingerprint density at radius 2 is 1.58 bits per heavy atom. The SMILES string of the molecule is Clc1ccc(CC(Cl)CCc2ccccc2)cc1Cl. The molecule has 2 aromatic carbocycles. The zero-order chi connectivity index (χ0) is 13.7. The molecule has 2 aromatic rings. The molecule has 0 aliphatic carbocycles. The van der Waals surface area contributed by atoms with Crippen LogP contribution < -0.4 is 0 Å². The first kappa shape index (κ1) is 14.7. The van der Waals surface area contributed by atoms with Crippen LogP contribution in [0.5, 0.6) is 0 Å². The van der Waals surface area contributed by atoms with Gasteiger partial charge in [0.1, 0.15) is 0 Å². The number of hydrogen-bond donors (Lipinski definition) is 0. The van der Waals surface area contributed by atoms with Crippen LogP contribution in [-0.4, -0.2) is 5.38 Å². The van der Waals surface area contributed by atoms with E-state index in [0.717, 1.165) is 24.8 Å². The first-order chi connectivity index (χ1) is 9.15. The van der Waals surface area contributed by atoms with Crippen LogP contribution in [0.15, 0.2) is 48.5 Å². The molecule has 0 aliphatic heterocycles. The highest BCUT2D eigenvalue weighted by molar-refractivity contribution is 6.42. The van der Waals surface area contributed by atoms with Crippen molar-refractivity contribution in [2.24, 2.45) is 0 Å². The predicted molar refractivity (Wildman–Crippen MR) is 84.6 cm³/mol. The average molecular weight is 314 g/mol. The Labute approximate surface area is 129 Å². The van der Waals surface area contributed by atoms with Gasteiger partial charge in [-0.1, -0.05) is 59.6 Å². The van der Waals surface area contributed by atoms with E-state index in [2.05, 4.69) is 24.3 Å². The van der Waals surface area contributed by atoms with Gasteiger partial charge in [0, 0.05) is 5.38 Å². The van der Waals surface area contributed by atoms with Gasteiger partial charge in [-0.05, 0) is 42.5 Å². The summed E-state index contributed by atoms with van der Waals surface area (Å²) >= 11 is 18.3. The molecule has 0 spiro atoms. The molecule has 0 aromatic heterocycles. The molecule has 0 nitrogen and oxygen atoms in total. The Hall–Kier alpha value is -0.690. The Bertz CT molecular complexity index is 523. The molecule has 2 rings (SSSR count). The lowest BCUT2D eigenvalue weighted by Crippen LogP contribution is -2.05. The fourth-order valence-electron chi connectivity index (χ4n) is 1.99. The standard InChI is InChI=1S/C16H15Cl3/c17-14(8-6-12-4-2-1-3-5-12)10-13-7-9-15(18)16(19)11-13/h1-5,7,9,11,14H,6,8,10H2. The second-order valence-corrected chi connectivity index (χ2v) is 6.01. The number of rotatable bonds is 5. The van der Waals surface area contributed by atoms with Gasteiger partial charge in [0.2, 0.25) is 0 Å². The van der Waals surface area contributed by atoms with Crippen molar-refractivity contribution in [2.75, 3.05) is 0 Å². The van der Waals surface area contributed by atoms with Crippen molar-refractivity contribution < 1.29 is 0 Å². The van der Waals surface area contributed by atoms with E-state index < -0.39 is 0 Å². The monoisotopic (exact) mass is 312 g/mol. The third-order valence-corrected chi connectivity index (χ3v) is 4.14. The van der Waals surface area contributed by atoms with Crippen LogP contribution in [0.2, 0.25) is 10.0 Å². The van der Waals surface area contributed by atoms with Gasteiger partial charge in [0.15, 0.2) is 0 Å². The third-order valence-electron chi connectivity index (χ3n) is 3.03. The van der Waals surface area contributed by atoms with Crippen LogP contribution in [0.4, 0.5) is 0 Å². The van der Waals surface area contributed by atoms with Crippen LogP contribution in [0.3, 0.4) is 0 Å². The number of aryl methyl sites for hydroxylation is 1. The second kappa shape index (κ2) is 7.19. The highest BCUT2D eigenvalue weighted by atomic mass is 35.5. The third kappa shape index (κ3) is 4.72. The first-order valence-corrected chi connectivity index (χ1v) is 7.46. The molecule has 1 atom stereocenters. The summed E-state index contributed by atoms with van der Waals surface area (Å²) in [7, 11) is 0. The van der Waals surface area contributed by atoms with Gasteiger partial charge in [0.25, 0.3) is 0 Å². The molecule has 0 N–H and O–H groups in total. The number of hydrogen-bond acceptors (Lipinski definition) is 0. The summed E-state index contributed by atoms with van der Waals surface area (Å²) in [6.07, 6.45) is 2.76. The summed E-state index contributed by atoms with van der Waals surface area (Å²) in [5.41, 5.74) is 2.45. The van der Waals surface area contributed by atoms with Crippen molar-refractivity contribution in [2.45, 2.75) is 24.6 Å². The summed E-state index contributed by atoms with van der Waals surface area (Å²) in [5.74, 6) is 0. The number of benzene rings is 2. The highest BCUT2D eigenvalue weighted by Gasteiger charge is 2.08. The van der Waals surface area contributed by atoms with E-state index >= 15 is 0 Å². The molecule has 19 heavy (non-hydrogen) atoms. The molecule has 0 radical (unpaired) electrons. The molecule has 100 valence electrons. The minimum atomic E-state index is 0.109. The molecule has 0 fully saturated rings. The summed E-state index contributed by atoms with van der Waals surface area (Å²) < 4.78 is 0. The Kier molecular flexibility index (Phi) is 5.57. The number of alkyl halides is 1. The molecule has 1 unspecified atom stereocenters. The van der Waals surface area contributed by atoms with Gasteiger partial charge < -0.3 is 0 Å². The normalized spacial score (nSPS) is 12.4. The predicted octanol–water partition coefficient (Wildman–Crippen LogP) is 5.78. The van der Waals surface area contributed by atoms with Gasteiger partial charge in [0.05, 0.1) is 10.0 Å². The quantitative estimate of drug-likeness (QED) is 0.614. The lowest BCUT2D eigenvalue weighted by molar-refractivity contribution is 0.743. The Morgan fingerprint density at radius 1 is 0.842 bits per heavy atom. The van der Waals surface area contributed by atoms with Crippen LogP contribution in [0.1, 0.15) is 17.5 Å². The van der Waals surface area contributed by atoms with Crippen LogP contribution >= 0.6 is 34.8 Å². The maximum Gasteiger partial charge on any atom is 0.0595 e. The molecule has 0 heterocycles. The zero-order valence-electron chi connectivity index (χ0n) is 10.5. The fourth-order valence-corrected chi connectivity index (χ4v) is 2.60. The molecule has 0 saturated heterocycles. The van der Waals surface area contributed by atoms with Gasteiger partial charge in [-0.2, -0.15) is 0 Å². The van der Waals surface area contributed by atoms with Gasteiger partial charge in [-0.15, -0.1) is 11.6 Å². The van der Waals surface area contributed by atoms with Crippen molar-refractivity contribution in [1.29, 1.82) is 0 Å². The Morgan fingerprint density at radius 3 is 2.26 bits per heavy atom. The van der Waals surface area contributed by atoms with Crippen LogP contribution in [0.25, 0.3) is 0 Å². The molecular formula is C16H15Cl3. The van der Waals surface area contributed by atoms with Crippen LogP contribution in [0, 0.1) is 0 Å². The fraction of sp³-hybridized carbons (Fsp3) is 0.250.